The molecule has 0 heteroatoms. The average Bonchev–Trinajstić information content (AvgIpc) is 2.35. The summed E-state index contributed by atoms with van der Waals surface area (Å²) in [7, 11) is 0. The molecule has 0 heterocycles. The van der Waals surface area contributed by atoms with Crippen LogP contribution >= 0.6 is 0 Å². The Labute approximate surface area is 109 Å². The number of rotatable bonds is 12. The van der Waals surface area contributed by atoms with Gasteiger partial charge in [-0.1, -0.05) is 76.7 Å². The molecule has 0 unspecified atom stereocenters. The van der Waals surface area contributed by atoms with Crippen molar-refractivity contribution in [3.8, 4) is 0 Å². The maximum Gasteiger partial charge on any atom is -0.0169 e. The van der Waals surface area contributed by atoms with E-state index in [-0.39, 0.29) is 0 Å². The number of allylic oxidation sites excluding steroid dienone is 4. The first-order chi connectivity index (χ1) is 8.41. The Bertz CT molecular complexity index is 176. The number of hydrogen-bond acceptors (Lipinski definition) is 0. The highest BCUT2D eigenvalue weighted by atomic mass is 13.9. The van der Waals surface area contributed by atoms with Crippen LogP contribution in [0.2, 0.25) is 0 Å². The van der Waals surface area contributed by atoms with E-state index in [1.165, 1.54) is 64.2 Å². The minimum Gasteiger partial charge on any atom is -0.0882 e. The normalized spacial score (nSPS) is 11.9. The first kappa shape index (κ1) is 16.5. The van der Waals surface area contributed by atoms with Crippen LogP contribution in [0.25, 0.3) is 0 Å². The van der Waals surface area contributed by atoms with Gasteiger partial charge in [0.15, 0.2) is 0 Å². The van der Waals surface area contributed by atoms with Crippen LogP contribution < -0.4 is 0 Å². The highest BCUT2D eigenvalue weighted by molar-refractivity contribution is 4.92. The third-order valence-corrected chi connectivity index (χ3v) is 3.05. The molecule has 0 bridgehead atoms. The van der Waals surface area contributed by atoms with Gasteiger partial charge in [-0.05, 0) is 32.1 Å². The highest BCUT2D eigenvalue weighted by Crippen LogP contribution is 2.06. The molecule has 0 aromatic heterocycles. The Morgan fingerprint density at radius 1 is 0.529 bits per heavy atom. The third kappa shape index (κ3) is 15.5. The molecule has 0 N–H and O–H groups in total. The van der Waals surface area contributed by atoms with E-state index >= 15 is 0 Å². The lowest BCUT2D eigenvalue weighted by atomic mass is 10.1. The van der Waals surface area contributed by atoms with Crippen molar-refractivity contribution in [2.75, 3.05) is 0 Å². The Hall–Kier alpha value is -0.520. The molecule has 0 nitrogen and oxygen atoms in total. The van der Waals surface area contributed by atoms with Crippen LogP contribution in [-0.2, 0) is 0 Å². The highest BCUT2D eigenvalue weighted by Gasteiger charge is 1.86. The van der Waals surface area contributed by atoms with Gasteiger partial charge in [-0.15, -0.1) is 0 Å². The second kappa shape index (κ2) is 15.5. The molecule has 0 saturated carbocycles. The summed E-state index contributed by atoms with van der Waals surface area (Å²) in [5.41, 5.74) is 0. The molecule has 0 amide bonds. The predicted octanol–water partition coefficient (Wildman–Crippen LogP) is 6.43. The van der Waals surface area contributed by atoms with Gasteiger partial charge in [0.2, 0.25) is 0 Å². The second-order valence-corrected chi connectivity index (χ2v) is 4.88. The maximum atomic E-state index is 2.35. The summed E-state index contributed by atoms with van der Waals surface area (Å²) in [6.07, 6.45) is 24.0. The van der Waals surface area contributed by atoms with Gasteiger partial charge < -0.3 is 0 Å². The molecule has 0 atom stereocenters. The van der Waals surface area contributed by atoms with Crippen LogP contribution in [0.4, 0.5) is 0 Å². The fraction of sp³-hybridized carbons (Fsp3) is 0.765. The monoisotopic (exact) mass is 236 g/mol. The van der Waals surface area contributed by atoms with Gasteiger partial charge in [-0.25, -0.2) is 0 Å². The summed E-state index contributed by atoms with van der Waals surface area (Å²) in [5, 5.41) is 0. The SMILES string of the molecule is CCCCCC=CC/C=C\CCCCCCC. The van der Waals surface area contributed by atoms with Crippen LogP contribution in [0.15, 0.2) is 24.3 Å². The topological polar surface area (TPSA) is 0 Å². The van der Waals surface area contributed by atoms with Gasteiger partial charge in [-0.3, -0.25) is 0 Å². The zero-order chi connectivity index (χ0) is 12.6. The van der Waals surface area contributed by atoms with E-state index in [1.807, 2.05) is 0 Å². The first-order valence-electron chi connectivity index (χ1n) is 7.71. The van der Waals surface area contributed by atoms with E-state index in [0.717, 1.165) is 6.42 Å². The minimum absolute atomic E-state index is 1.13. The van der Waals surface area contributed by atoms with Crippen molar-refractivity contribution in [2.24, 2.45) is 0 Å². The van der Waals surface area contributed by atoms with E-state index in [9.17, 15) is 0 Å². The summed E-state index contributed by atoms with van der Waals surface area (Å²) in [6, 6.07) is 0. The summed E-state index contributed by atoms with van der Waals surface area (Å²) in [6.45, 7) is 4.53. The molecule has 0 aromatic rings. The molecule has 0 aromatic carbocycles. The van der Waals surface area contributed by atoms with Crippen molar-refractivity contribution in [3.63, 3.8) is 0 Å². The molecule has 0 aliphatic heterocycles. The van der Waals surface area contributed by atoms with Crippen molar-refractivity contribution in [1.29, 1.82) is 0 Å². The average molecular weight is 236 g/mol. The fourth-order valence-electron chi connectivity index (χ4n) is 1.88. The second-order valence-electron chi connectivity index (χ2n) is 4.88. The van der Waals surface area contributed by atoms with Crippen molar-refractivity contribution < 1.29 is 0 Å². The Kier molecular flexibility index (Phi) is 15.0. The first-order valence-corrected chi connectivity index (χ1v) is 7.71. The number of hydrogen-bond donors (Lipinski definition) is 0. The van der Waals surface area contributed by atoms with Gasteiger partial charge in [0, 0.05) is 0 Å². The lowest BCUT2D eigenvalue weighted by Gasteiger charge is -1.95. The van der Waals surface area contributed by atoms with Gasteiger partial charge in [0.05, 0.1) is 0 Å². The smallest absolute Gasteiger partial charge is 0.0169 e. The van der Waals surface area contributed by atoms with Crippen molar-refractivity contribution in [2.45, 2.75) is 84.5 Å². The van der Waals surface area contributed by atoms with Crippen LogP contribution in [0.5, 0.6) is 0 Å². The molecule has 100 valence electrons. The number of unbranched alkanes of at least 4 members (excludes halogenated alkanes) is 8. The van der Waals surface area contributed by atoms with Gasteiger partial charge in [0.25, 0.3) is 0 Å². The lowest BCUT2D eigenvalue weighted by Crippen LogP contribution is -1.75. The van der Waals surface area contributed by atoms with Crippen molar-refractivity contribution in [3.05, 3.63) is 24.3 Å². The Balaban J connectivity index is 3.13. The Morgan fingerprint density at radius 3 is 1.59 bits per heavy atom. The van der Waals surface area contributed by atoms with Crippen molar-refractivity contribution >= 4 is 0 Å². The largest absolute Gasteiger partial charge is 0.0882 e. The van der Waals surface area contributed by atoms with Crippen LogP contribution in [-0.4, -0.2) is 0 Å². The molecule has 17 heavy (non-hydrogen) atoms. The van der Waals surface area contributed by atoms with Crippen LogP contribution in [0, 0.1) is 0 Å². The van der Waals surface area contributed by atoms with Gasteiger partial charge in [-0.2, -0.15) is 0 Å². The van der Waals surface area contributed by atoms with E-state index in [2.05, 4.69) is 38.2 Å². The maximum absolute atomic E-state index is 2.35. The molecule has 0 aliphatic rings. The van der Waals surface area contributed by atoms with Crippen LogP contribution in [0.1, 0.15) is 84.5 Å². The van der Waals surface area contributed by atoms with E-state index in [4.69, 9.17) is 0 Å². The van der Waals surface area contributed by atoms with Crippen molar-refractivity contribution in [1.82, 2.24) is 0 Å². The quantitative estimate of drug-likeness (QED) is 0.270. The molecular weight excluding hydrogens is 204 g/mol. The molecule has 0 aliphatic carbocycles. The molecule has 0 saturated heterocycles. The van der Waals surface area contributed by atoms with E-state index in [1.54, 1.807) is 0 Å². The summed E-state index contributed by atoms with van der Waals surface area (Å²) < 4.78 is 0. The summed E-state index contributed by atoms with van der Waals surface area (Å²) in [5.74, 6) is 0. The van der Waals surface area contributed by atoms with Gasteiger partial charge >= 0.3 is 0 Å². The van der Waals surface area contributed by atoms with Gasteiger partial charge in [0.1, 0.15) is 0 Å². The molecule has 0 spiro atoms. The Morgan fingerprint density at radius 2 is 1.00 bits per heavy atom. The summed E-state index contributed by atoms with van der Waals surface area (Å²) >= 11 is 0. The zero-order valence-corrected chi connectivity index (χ0v) is 12.1. The standard InChI is InChI=1S/C17H32/c1-3-5-7-9-11-13-15-17-16-14-12-10-8-6-4-2/h11,13,16-17H,3-10,12,14-15H2,1-2H3/b13-11?,17-16-. The van der Waals surface area contributed by atoms with E-state index in [0.29, 0.717) is 0 Å². The minimum atomic E-state index is 1.13. The molecular formula is C17H32. The fourth-order valence-corrected chi connectivity index (χ4v) is 1.88. The predicted molar refractivity (Wildman–Crippen MR) is 80.4 cm³/mol. The zero-order valence-electron chi connectivity index (χ0n) is 12.1. The third-order valence-electron chi connectivity index (χ3n) is 3.05. The molecule has 0 rings (SSSR count). The lowest BCUT2D eigenvalue weighted by molar-refractivity contribution is 0.637. The van der Waals surface area contributed by atoms with Crippen LogP contribution in [0.3, 0.4) is 0 Å². The molecule has 0 radical (unpaired) electrons. The van der Waals surface area contributed by atoms with E-state index < -0.39 is 0 Å². The molecule has 0 fully saturated rings. The summed E-state index contributed by atoms with van der Waals surface area (Å²) in [4.78, 5) is 0.